The second kappa shape index (κ2) is 4.75. The van der Waals surface area contributed by atoms with Crippen LogP contribution in [0.25, 0.3) is 0 Å². The molecule has 94 valence electrons. The summed E-state index contributed by atoms with van der Waals surface area (Å²) >= 11 is 0. The highest BCUT2D eigenvalue weighted by Crippen LogP contribution is 2.40. The quantitative estimate of drug-likeness (QED) is 0.846. The summed E-state index contributed by atoms with van der Waals surface area (Å²) in [5.74, 6) is 0.238. The Hall–Kier alpha value is -2.31. The fraction of sp³-hybridized carbons (Fsp3) is 0.188. The first kappa shape index (κ1) is 11.8. The molecule has 3 heteroatoms. The number of aromatic hydroxyl groups is 1. The first-order valence-corrected chi connectivity index (χ1v) is 6.20. The molecule has 2 aromatic rings. The van der Waals surface area contributed by atoms with E-state index in [-0.39, 0.29) is 11.9 Å². The van der Waals surface area contributed by atoms with E-state index in [1.807, 2.05) is 36.4 Å². The lowest BCUT2D eigenvalue weighted by Crippen LogP contribution is -2.19. The number of hydrogen-bond acceptors (Lipinski definition) is 3. The third-order valence-electron chi connectivity index (χ3n) is 3.45. The Morgan fingerprint density at radius 1 is 1.11 bits per heavy atom. The maximum absolute atomic E-state index is 9.97. The van der Waals surface area contributed by atoms with Crippen LogP contribution in [0.3, 0.4) is 0 Å². The summed E-state index contributed by atoms with van der Waals surface area (Å²) in [7, 11) is 0. The van der Waals surface area contributed by atoms with Crippen molar-refractivity contribution in [3.8, 4) is 11.8 Å². The molecule has 0 saturated heterocycles. The molecule has 1 N–H and O–H groups in total. The summed E-state index contributed by atoms with van der Waals surface area (Å²) in [6.45, 7) is 0. The van der Waals surface area contributed by atoms with Crippen LogP contribution in [-0.4, -0.2) is 5.11 Å². The summed E-state index contributed by atoms with van der Waals surface area (Å²) in [6.07, 6.45) is -0.225. The Morgan fingerprint density at radius 2 is 1.89 bits per heavy atom. The van der Waals surface area contributed by atoms with Crippen molar-refractivity contribution in [2.75, 3.05) is 0 Å². The van der Waals surface area contributed by atoms with E-state index in [1.165, 1.54) is 0 Å². The van der Waals surface area contributed by atoms with Gasteiger partial charge >= 0.3 is 0 Å². The topological polar surface area (TPSA) is 53.2 Å². The lowest BCUT2D eigenvalue weighted by Gasteiger charge is -2.29. The molecule has 2 atom stereocenters. The third-order valence-corrected chi connectivity index (χ3v) is 3.45. The van der Waals surface area contributed by atoms with Gasteiger partial charge in [-0.15, -0.1) is 0 Å². The molecule has 0 radical (unpaired) electrons. The monoisotopic (exact) mass is 251 g/mol. The summed E-state index contributed by atoms with van der Waals surface area (Å²) in [6, 6.07) is 17.2. The second-order valence-corrected chi connectivity index (χ2v) is 4.59. The highest BCUT2D eigenvalue weighted by molar-refractivity contribution is 5.44. The number of phenolic OH excluding ortho intramolecular Hbond substituents is 1. The van der Waals surface area contributed by atoms with Gasteiger partial charge in [0.15, 0.2) is 6.10 Å². The predicted molar refractivity (Wildman–Crippen MR) is 70.4 cm³/mol. The molecule has 1 heterocycles. The smallest absolute Gasteiger partial charge is 0.170 e. The first-order chi connectivity index (χ1) is 9.29. The number of phenols is 1. The molecule has 0 aromatic heterocycles. The van der Waals surface area contributed by atoms with Gasteiger partial charge in [-0.2, -0.15) is 5.26 Å². The van der Waals surface area contributed by atoms with Crippen LogP contribution in [0.2, 0.25) is 0 Å². The standard InChI is InChI=1S/C16H13NO2/c17-10-16-12-7-4-8-14(18)13(12)9-15(19-16)11-5-2-1-3-6-11/h1-8,15-16,18H,9H2. The number of fused-ring (bicyclic) bond motifs is 1. The van der Waals surface area contributed by atoms with E-state index in [4.69, 9.17) is 4.74 Å². The van der Waals surface area contributed by atoms with E-state index in [0.29, 0.717) is 6.42 Å². The van der Waals surface area contributed by atoms with E-state index in [9.17, 15) is 10.4 Å². The van der Waals surface area contributed by atoms with E-state index >= 15 is 0 Å². The first-order valence-electron chi connectivity index (χ1n) is 6.20. The van der Waals surface area contributed by atoms with Gasteiger partial charge in [0.05, 0.1) is 12.2 Å². The van der Waals surface area contributed by atoms with Crippen molar-refractivity contribution in [1.29, 1.82) is 5.26 Å². The number of nitriles is 1. The van der Waals surface area contributed by atoms with E-state index in [2.05, 4.69) is 6.07 Å². The highest BCUT2D eigenvalue weighted by Gasteiger charge is 2.29. The van der Waals surface area contributed by atoms with Crippen LogP contribution in [0.5, 0.6) is 5.75 Å². The molecule has 0 spiro atoms. The molecule has 0 amide bonds. The molecule has 0 aliphatic carbocycles. The SMILES string of the molecule is N#CC1OC(c2ccccc2)Cc2c(O)cccc21. The van der Waals surface area contributed by atoms with Gasteiger partial charge in [-0.05, 0) is 11.6 Å². The van der Waals surface area contributed by atoms with Crippen LogP contribution in [0, 0.1) is 11.3 Å². The van der Waals surface area contributed by atoms with Gasteiger partial charge in [0, 0.05) is 17.5 Å². The van der Waals surface area contributed by atoms with Crippen molar-refractivity contribution in [3.05, 3.63) is 65.2 Å². The average Bonchev–Trinajstić information content (AvgIpc) is 2.48. The van der Waals surface area contributed by atoms with Crippen molar-refractivity contribution in [3.63, 3.8) is 0 Å². The summed E-state index contributed by atoms with van der Waals surface area (Å²) in [5.41, 5.74) is 2.61. The molecular formula is C16H13NO2. The van der Waals surface area contributed by atoms with Crippen LogP contribution in [0.15, 0.2) is 48.5 Å². The van der Waals surface area contributed by atoms with Crippen molar-refractivity contribution in [2.24, 2.45) is 0 Å². The largest absolute Gasteiger partial charge is 0.508 e. The molecule has 0 bridgehead atoms. The van der Waals surface area contributed by atoms with Crippen molar-refractivity contribution in [1.82, 2.24) is 0 Å². The Bertz CT molecular complexity index is 631. The minimum atomic E-state index is -0.624. The molecule has 3 rings (SSSR count). The summed E-state index contributed by atoms with van der Waals surface area (Å²) in [5, 5.41) is 19.2. The zero-order chi connectivity index (χ0) is 13.2. The van der Waals surface area contributed by atoms with Crippen LogP contribution in [0.4, 0.5) is 0 Å². The minimum Gasteiger partial charge on any atom is -0.508 e. The van der Waals surface area contributed by atoms with E-state index < -0.39 is 6.10 Å². The summed E-state index contributed by atoms with van der Waals surface area (Å²) in [4.78, 5) is 0. The molecule has 0 fully saturated rings. The van der Waals surface area contributed by atoms with E-state index in [0.717, 1.165) is 16.7 Å². The predicted octanol–water partition coefficient (Wildman–Crippen LogP) is 3.27. The lowest BCUT2D eigenvalue weighted by molar-refractivity contribution is 0.00194. The number of rotatable bonds is 1. The zero-order valence-corrected chi connectivity index (χ0v) is 10.3. The van der Waals surface area contributed by atoms with Gasteiger partial charge in [0.25, 0.3) is 0 Å². The molecular weight excluding hydrogens is 238 g/mol. The Balaban J connectivity index is 2.03. The highest BCUT2D eigenvalue weighted by atomic mass is 16.5. The van der Waals surface area contributed by atoms with Crippen molar-refractivity contribution >= 4 is 0 Å². The van der Waals surface area contributed by atoms with Crippen LogP contribution >= 0.6 is 0 Å². The normalized spacial score (nSPS) is 21.4. The Labute approximate surface area is 111 Å². The fourth-order valence-electron chi connectivity index (χ4n) is 2.50. The van der Waals surface area contributed by atoms with Gasteiger partial charge in [-0.3, -0.25) is 0 Å². The zero-order valence-electron chi connectivity index (χ0n) is 10.3. The molecule has 3 nitrogen and oxygen atoms in total. The molecule has 2 aromatic carbocycles. The van der Waals surface area contributed by atoms with Crippen molar-refractivity contribution in [2.45, 2.75) is 18.6 Å². The molecule has 1 aliphatic heterocycles. The summed E-state index contributed by atoms with van der Waals surface area (Å²) < 4.78 is 5.83. The van der Waals surface area contributed by atoms with E-state index in [1.54, 1.807) is 12.1 Å². The van der Waals surface area contributed by atoms with Gasteiger partial charge in [0.1, 0.15) is 5.75 Å². The average molecular weight is 251 g/mol. The maximum atomic E-state index is 9.97. The Morgan fingerprint density at radius 3 is 2.63 bits per heavy atom. The Kier molecular flexibility index (Phi) is 2.94. The number of nitrogens with zero attached hydrogens (tertiary/aromatic N) is 1. The molecule has 19 heavy (non-hydrogen) atoms. The van der Waals surface area contributed by atoms with Gasteiger partial charge in [-0.1, -0.05) is 42.5 Å². The molecule has 2 unspecified atom stereocenters. The second-order valence-electron chi connectivity index (χ2n) is 4.59. The minimum absolute atomic E-state index is 0.188. The van der Waals surface area contributed by atoms with Gasteiger partial charge in [-0.25, -0.2) is 0 Å². The van der Waals surface area contributed by atoms with Crippen LogP contribution in [-0.2, 0) is 11.2 Å². The van der Waals surface area contributed by atoms with Crippen LogP contribution in [0.1, 0.15) is 28.9 Å². The van der Waals surface area contributed by atoms with Crippen LogP contribution < -0.4 is 0 Å². The van der Waals surface area contributed by atoms with Gasteiger partial charge < -0.3 is 9.84 Å². The number of hydrogen-bond donors (Lipinski definition) is 1. The maximum Gasteiger partial charge on any atom is 0.170 e. The number of benzene rings is 2. The van der Waals surface area contributed by atoms with Crippen molar-refractivity contribution < 1.29 is 9.84 Å². The lowest BCUT2D eigenvalue weighted by atomic mass is 9.91. The number of ether oxygens (including phenoxy) is 1. The fourth-order valence-corrected chi connectivity index (χ4v) is 2.50. The third kappa shape index (κ3) is 2.07. The molecule has 1 aliphatic rings. The van der Waals surface area contributed by atoms with Gasteiger partial charge in [0.2, 0.25) is 0 Å². The molecule has 0 saturated carbocycles.